The lowest BCUT2D eigenvalue weighted by atomic mass is 9.71. The van der Waals surface area contributed by atoms with E-state index in [0.717, 1.165) is 38.5 Å². The van der Waals surface area contributed by atoms with Crippen molar-refractivity contribution in [2.24, 2.45) is 17.1 Å². The molecule has 2 fully saturated rings. The Hall–Kier alpha value is -0.570. The predicted octanol–water partition coefficient (Wildman–Crippen LogP) is 3.41. The van der Waals surface area contributed by atoms with Gasteiger partial charge < -0.3 is 10.5 Å². The highest BCUT2D eigenvalue weighted by Gasteiger charge is 2.36. The molecule has 2 aliphatic rings. The fraction of sp³-hybridized carbons (Fsp3) is 0.938. The zero-order valence-corrected chi connectivity index (χ0v) is 12.7. The van der Waals surface area contributed by atoms with Gasteiger partial charge in [0.1, 0.15) is 6.10 Å². The van der Waals surface area contributed by atoms with E-state index in [1.54, 1.807) is 0 Å². The Bertz CT molecular complexity index is 332. The van der Waals surface area contributed by atoms with Gasteiger partial charge in [-0.2, -0.15) is 0 Å². The second-order valence-corrected chi connectivity index (χ2v) is 7.77. The molecule has 3 nitrogen and oxygen atoms in total. The van der Waals surface area contributed by atoms with Crippen molar-refractivity contribution in [3.63, 3.8) is 0 Å². The molecule has 0 aromatic rings. The smallest absolute Gasteiger partial charge is 0.307 e. The molecule has 2 aliphatic carbocycles. The van der Waals surface area contributed by atoms with Gasteiger partial charge in [-0.25, -0.2) is 0 Å². The SMILES string of the molecule is CC1CC(OC(=O)CC2(N)CCCC2)CC(C)(C)C1. The highest BCUT2D eigenvalue weighted by Crippen LogP contribution is 2.40. The van der Waals surface area contributed by atoms with Gasteiger partial charge in [0.2, 0.25) is 0 Å². The molecule has 2 unspecified atom stereocenters. The van der Waals surface area contributed by atoms with E-state index in [-0.39, 0.29) is 23.0 Å². The Morgan fingerprint density at radius 1 is 1.26 bits per heavy atom. The van der Waals surface area contributed by atoms with Crippen molar-refractivity contribution in [2.45, 2.75) is 83.8 Å². The molecule has 2 saturated carbocycles. The average Bonchev–Trinajstić information content (AvgIpc) is 2.60. The third-order valence-electron chi connectivity index (χ3n) is 4.74. The van der Waals surface area contributed by atoms with E-state index in [4.69, 9.17) is 10.5 Å². The quantitative estimate of drug-likeness (QED) is 0.797. The Labute approximate surface area is 117 Å². The van der Waals surface area contributed by atoms with E-state index in [1.807, 2.05) is 0 Å². The molecule has 2 atom stereocenters. The van der Waals surface area contributed by atoms with Crippen LogP contribution < -0.4 is 5.73 Å². The van der Waals surface area contributed by atoms with Crippen LogP contribution in [0.15, 0.2) is 0 Å². The van der Waals surface area contributed by atoms with E-state index in [2.05, 4.69) is 20.8 Å². The second kappa shape index (κ2) is 5.43. The molecule has 0 aromatic carbocycles. The van der Waals surface area contributed by atoms with E-state index in [1.165, 1.54) is 6.42 Å². The molecule has 2 rings (SSSR count). The third-order valence-corrected chi connectivity index (χ3v) is 4.74. The Morgan fingerprint density at radius 3 is 2.47 bits per heavy atom. The molecular weight excluding hydrogens is 238 g/mol. The molecule has 0 bridgehead atoms. The van der Waals surface area contributed by atoms with Crippen LogP contribution in [0.1, 0.15) is 72.1 Å². The first kappa shape index (κ1) is 14.8. The topological polar surface area (TPSA) is 52.3 Å². The lowest BCUT2D eigenvalue weighted by Gasteiger charge is -2.38. The van der Waals surface area contributed by atoms with Gasteiger partial charge >= 0.3 is 5.97 Å². The van der Waals surface area contributed by atoms with Crippen LogP contribution in [0.25, 0.3) is 0 Å². The standard InChI is InChI=1S/C16H29NO2/c1-12-8-13(10-15(2,3)9-12)19-14(18)11-16(17)6-4-5-7-16/h12-13H,4-11,17H2,1-3H3. The van der Waals surface area contributed by atoms with Crippen molar-refractivity contribution in [3.05, 3.63) is 0 Å². The van der Waals surface area contributed by atoms with Crippen molar-refractivity contribution in [1.29, 1.82) is 0 Å². The minimum Gasteiger partial charge on any atom is -0.462 e. The number of carbonyl (C=O) groups excluding carboxylic acids is 1. The van der Waals surface area contributed by atoms with Crippen LogP contribution in [0.5, 0.6) is 0 Å². The first-order valence-corrected chi connectivity index (χ1v) is 7.76. The van der Waals surface area contributed by atoms with E-state index in [0.29, 0.717) is 12.3 Å². The summed E-state index contributed by atoms with van der Waals surface area (Å²) >= 11 is 0. The van der Waals surface area contributed by atoms with Crippen LogP contribution in [0, 0.1) is 11.3 Å². The molecule has 0 aliphatic heterocycles. The van der Waals surface area contributed by atoms with Gasteiger partial charge in [0, 0.05) is 5.54 Å². The molecule has 0 spiro atoms. The second-order valence-electron chi connectivity index (χ2n) is 7.77. The normalized spacial score (nSPS) is 33.1. The zero-order chi connectivity index (χ0) is 14.1. The van der Waals surface area contributed by atoms with Crippen LogP contribution in [0.3, 0.4) is 0 Å². The van der Waals surface area contributed by atoms with Crippen molar-refractivity contribution >= 4 is 5.97 Å². The van der Waals surface area contributed by atoms with Crippen molar-refractivity contribution in [2.75, 3.05) is 0 Å². The van der Waals surface area contributed by atoms with Gasteiger partial charge in [0.15, 0.2) is 0 Å². The number of ether oxygens (including phenoxy) is 1. The van der Waals surface area contributed by atoms with Crippen molar-refractivity contribution in [1.82, 2.24) is 0 Å². The average molecular weight is 267 g/mol. The minimum atomic E-state index is -0.285. The van der Waals surface area contributed by atoms with Crippen LogP contribution in [-0.2, 0) is 9.53 Å². The summed E-state index contributed by atoms with van der Waals surface area (Å²) in [6.45, 7) is 6.79. The van der Waals surface area contributed by atoms with Gasteiger partial charge in [-0.3, -0.25) is 4.79 Å². The van der Waals surface area contributed by atoms with Crippen LogP contribution in [0.2, 0.25) is 0 Å². The first-order chi connectivity index (χ1) is 8.78. The summed E-state index contributed by atoms with van der Waals surface area (Å²) in [5.41, 5.74) is 6.25. The Morgan fingerprint density at radius 2 is 1.89 bits per heavy atom. The van der Waals surface area contributed by atoms with Gasteiger partial charge in [-0.1, -0.05) is 33.6 Å². The first-order valence-electron chi connectivity index (χ1n) is 7.76. The summed E-state index contributed by atoms with van der Waals surface area (Å²) in [4.78, 5) is 12.1. The van der Waals surface area contributed by atoms with Gasteiger partial charge in [0.05, 0.1) is 6.42 Å². The molecule has 0 radical (unpaired) electrons. The number of esters is 1. The summed E-state index contributed by atoms with van der Waals surface area (Å²) in [6.07, 6.45) is 7.95. The maximum atomic E-state index is 12.1. The fourth-order valence-corrected chi connectivity index (χ4v) is 4.12. The summed E-state index contributed by atoms with van der Waals surface area (Å²) in [5, 5.41) is 0. The largest absolute Gasteiger partial charge is 0.462 e. The summed E-state index contributed by atoms with van der Waals surface area (Å²) in [5.74, 6) is 0.555. The molecule has 0 aromatic heterocycles. The van der Waals surface area contributed by atoms with E-state index in [9.17, 15) is 4.79 Å². The molecule has 0 saturated heterocycles. The summed E-state index contributed by atoms with van der Waals surface area (Å²) < 4.78 is 5.71. The molecular formula is C16H29NO2. The molecule has 110 valence electrons. The lowest BCUT2D eigenvalue weighted by Crippen LogP contribution is -2.41. The van der Waals surface area contributed by atoms with Gasteiger partial charge in [-0.05, 0) is 43.4 Å². The van der Waals surface area contributed by atoms with E-state index >= 15 is 0 Å². The van der Waals surface area contributed by atoms with Crippen molar-refractivity contribution < 1.29 is 9.53 Å². The maximum Gasteiger partial charge on any atom is 0.307 e. The Kier molecular flexibility index (Phi) is 4.24. The molecule has 0 amide bonds. The summed E-state index contributed by atoms with van der Waals surface area (Å²) in [6, 6.07) is 0. The van der Waals surface area contributed by atoms with Crippen LogP contribution in [-0.4, -0.2) is 17.6 Å². The number of hydrogen-bond donors (Lipinski definition) is 1. The zero-order valence-electron chi connectivity index (χ0n) is 12.7. The number of nitrogens with two attached hydrogens (primary N) is 1. The number of carbonyl (C=O) groups is 1. The van der Waals surface area contributed by atoms with Gasteiger partial charge in [-0.15, -0.1) is 0 Å². The Balaban J connectivity index is 1.85. The number of hydrogen-bond acceptors (Lipinski definition) is 3. The molecule has 3 heteroatoms. The monoisotopic (exact) mass is 267 g/mol. The lowest BCUT2D eigenvalue weighted by molar-refractivity contribution is -0.154. The van der Waals surface area contributed by atoms with Crippen molar-refractivity contribution in [3.8, 4) is 0 Å². The maximum absolute atomic E-state index is 12.1. The van der Waals surface area contributed by atoms with Crippen LogP contribution in [0.4, 0.5) is 0 Å². The highest BCUT2D eigenvalue weighted by atomic mass is 16.5. The fourth-order valence-electron chi connectivity index (χ4n) is 4.12. The predicted molar refractivity (Wildman–Crippen MR) is 76.7 cm³/mol. The van der Waals surface area contributed by atoms with Gasteiger partial charge in [0.25, 0.3) is 0 Å². The molecule has 19 heavy (non-hydrogen) atoms. The third kappa shape index (κ3) is 4.20. The van der Waals surface area contributed by atoms with Crippen LogP contribution >= 0.6 is 0 Å². The minimum absolute atomic E-state index is 0.0840. The van der Waals surface area contributed by atoms with E-state index < -0.39 is 0 Å². The molecule has 0 heterocycles. The highest BCUT2D eigenvalue weighted by molar-refractivity contribution is 5.71. The summed E-state index contributed by atoms with van der Waals surface area (Å²) in [7, 11) is 0. The number of rotatable bonds is 3. The molecule has 2 N–H and O–H groups in total.